The highest BCUT2D eigenvalue weighted by Gasteiger charge is 2.41. The minimum atomic E-state index is 0.252. The molecule has 2 nitrogen and oxygen atoms in total. The maximum Gasteiger partial charge on any atom is 0.0896 e. The predicted molar refractivity (Wildman–Crippen MR) is 76.0 cm³/mol. The summed E-state index contributed by atoms with van der Waals surface area (Å²) < 4.78 is 6.00. The molecule has 0 saturated carbocycles. The summed E-state index contributed by atoms with van der Waals surface area (Å²) in [6, 6.07) is 19.6. The van der Waals surface area contributed by atoms with E-state index in [0.29, 0.717) is 12.0 Å². The molecule has 19 heavy (non-hydrogen) atoms. The first-order valence-electron chi connectivity index (χ1n) is 6.95. The van der Waals surface area contributed by atoms with Crippen molar-refractivity contribution >= 4 is 5.69 Å². The Morgan fingerprint density at radius 2 is 1.74 bits per heavy atom. The molecule has 1 saturated heterocycles. The fourth-order valence-electron chi connectivity index (χ4n) is 3.41. The molecule has 2 aliphatic heterocycles. The molecule has 1 fully saturated rings. The van der Waals surface area contributed by atoms with E-state index in [4.69, 9.17) is 4.74 Å². The van der Waals surface area contributed by atoms with E-state index in [9.17, 15) is 0 Å². The third-order valence-corrected chi connectivity index (χ3v) is 4.30. The lowest BCUT2D eigenvalue weighted by Gasteiger charge is -2.36. The smallest absolute Gasteiger partial charge is 0.0896 e. The highest BCUT2D eigenvalue weighted by atomic mass is 16.5. The van der Waals surface area contributed by atoms with Gasteiger partial charge < -0.3 is 10.1 Å². The van der Waals surface area contributed by atoms with Gasteiger partial charge in [0.25, 0.3) is 0 Å². The Labute approximate surface area is 113 Å². The van der Waals surface area contributed by atoms with Gasteiger partial charge in [0, 0.05) is 23.8 Å². The van der Waals surface area contributed by atoms with Crippen LogP contribution in [0.1, 0.15) is 29.7 Å². The average molecular weight is 251 g/mol. The van der Waals surface area contributed by atoms with E-state index < -0.39 is 0 Å². The highest BCUT2D eigenvalue weighted by molar-refractivity contribution is 5.57. The molecular weight excluding hydrogens is 234 g/mol. The Bertz CT molecular complexity index is 581. The van der Waals surface area contributed by atoms with Gasteiger partial charge in [-0.25, -0.2) is 0 Å². The van der Waals surface area contributed by atoms with Crippen molar-refractivity contribution in [2.45, 2.75) is 18.6 Å². The average Bonchev–Trinajstić information content (AvgIpc) is 2.97. The first-order chi connectivity index (χ1) is 9.43. The third-order valence-electron chi connectivity index (χ3n) is 4.30. The Kier molecular flexibility index (Phi) is 2.56. The number of hydrogen-bond acceptors (Lipinski definition) is 2. The van der Waals surface area contributed by atoms with Crippen LogP contribution in [-0.4, -0.2) is 6.61 Å². The molecule has 2 aromatic rings. The second kappa shape index (κ2) is 4.39. The molecule has 96 valence electrons. The summed E-state index contributed by atoms with van der Waals surface area (Å²) in [6.07, 6.45) is 1.38. The predicted octanol–water partition coefficient (Wildman–Crippen LogP) is 3.93. The van der Waals surface area contributed by atoms with Crippen LogP contribution in [0, 0.1) is 5.92 Å². The first kappa shape index (κ1) is 11.1. The standard InChI is InChI=1S/C17H17NO/c1-2-6-12(7-3-1)16-14-10-11-19-17(14)13-8-4-5-9-15(13)18-16/h1-9,14,16-18H,10-11H2/t14?,16-,17?/m1/s1. The number of ether oxygens (including phenoxy) is 1. The van der Waals surface area contributed by atoms with Crippen LogP contribution in [0.25, 0.3) is 0 Å². The number of rotatable bonds is 1. The van der Waals surface area contributed by atoms with Crippen molar-refractivity contribution in [1.29, 1.82) is 0 Å². The van der Waals surface area contributed by atoms with Gasteiger partial charge >= 0.3 is 0 Å². The quantitative estimate of drug-likeness (QED) is 0.829. The second-order valence-corrected chi connectivity index (χ2v) is 5.36. The summed E-state index contributed by atoms with van der Waals surface area (Å²) in [5.41, 5.74) is 3.90. The van der Waals surface area contributed by atoms with Gasteiger partial charge in [-0.1, -0.05) is 48.5 Å². The third kappa shape index (κ3) is 1.75. The van der Waals surface area contributed by atoms with Gasteiger partial charge in [0.15, 0.2) is 0 Å². The van der Waals surface area contributed by atoms with E-state index in [0.717, 1.165) is 13.0 Å². The Hall–Kier alpha value is -1.80. The normalized spacial score (nSPS) is 28.3. The van der Waals surface area contributed by atoms with E-state index in [1.54, 1.807) is 0 Å². The van der Waals surface area contributed by atoms with Crippen LogP contribution in [0.15, 0.2) is 54.6 Å². The van der Waals surface area contributed by atoms with E-state index in [1.165, 1.54) is 16.8 Å². The zero-order chi connectivity index (χ0) is 12.7. The maximum absolute atomic E-state index is 6.00. The lowest BCUT2D eigenvalue weighted by Crippen LogP contribution is -2.29. The van der Waals surface area contributed by atoms with Crippen LogP contribution in [0.3, 0.4) is 0 Å². The maximum atomic E-state index is 6.00. The van der Waals surface area contributed by atoms with E-state index in [2.05, 4.69) is 59.9 Å². The summed E-state index contributed by atoms with van der Waals surface area (Å²) in [4.78, 5) is 0. The minimum Gasteiger partial charge on any atom is -0.378 e. The molecule has 2 heteroatoms. The monoisotopic (exact) mass is 251 g/mol. The highest BCUT2D eigenvalue weighted by Crippen LogP contribution is 2.49. The van der Waals surface area contributed by atoms with Gasteiger partial charge in [0.2, 0.25) is 0 Å². The molecule has 4 rings (SSSR count). The van der Waals surface area contributed by atoms with Gasteiger partial charge in [-0.15, -0.1) is 0 Å². The molecule has 2 aliphatic rings. The SMILES string of the molecule is c1ccc([C@H]2Nc3ccccc3C3OCCC32)cc1. The van der Waals surface area contributed by atoms with E-state index in [1.807, 2.05) is 0 Å². The summed E-state index contributed by atoms with van der Waals surface area (Å²) in [7, 11) is 0. The summed E-state index contributed by atoms with van der Waals surface area (Å²) >= 11 is 0. The zero-order valence-corrected chi connectivity index (χ0v) is 10.8. The van der Waals surface area contributed by atoms with Crippen molar-refractivity contribution in [3.05, 3.63) is 65.7 Å². The van der Waals surface area contributed by atoms with Crippen molar-refractivity contribution < 1.29 is 4.74 Å². The molecule has 0 aromatic heterocycles. The zero-order valence-electron chi connectivity index (χ0n) is 10.8. The summed E-state index contributed by atoms with van der Waals surface area (Å²) in [5.74, 6) is 0.539. The van der Waals surface area contributed by atoms with E-state index in [-0.39, 0.29) is 6.10 Å². The molecule has 0 bridgehead atoms. The molecule has 1 N–H and O–H groups in total. The lowest BCUT2D eigenvalue weighted by molar-refractivity contribution is 0.0829. The van der Waals surface area contributed by atoms with Crippen molar-refractivity contribution in [3.63, 3.8) is 0 Å². The van der Waals surface area contributed by atoms with Crippen LogP contribution in [0.4, 0.5) is 5.69 Å². The summed E-state index contributed by atoms with van der Waals surface area (Å²) in [5, 5.41) is 3.70. The molecule has 0 aliphatic carbocycles. The van der Waals surface area contributed by atoms with Crippen LogP contribution in [0.5, 0.6) is 0 Å². The Balaban J connectivity index is 1.79. The second-order valence-electron chi connectivity index (χ2n) is 5.36. The van der Waals surface area contributed by atoms with Gasteiger partial charge in [-0.2, -0.15) is 0 Å². The fourth-order valence-corrected chi connectivity index (χ4v) is 3.41. The first-order valence-corrected chi connectivity index (χ1v) is 6.95. The lowest BCUT2D eigenvalue weighted by atomic mass is 9.81. The largest absolute Gasteiger partial charge is 0.378 e. The Morgan fingerprint density at radius 3 is 2.63 bits per heavy atom. The summed E-state index contributed by atoms with van der Waals surface area (Å²) in [6.45, 7) is 0.870. The molecule has 2 heterocycles. The molecule has 3 atom stereocenters. The molecule has 2 unspecified atom stereocenters. The minimum absolute atomic E-state index is 0.252. The van der Waals surface area contributed by atoms with Crippen molar-refractivity contribution in [2.24, 2.45) is 5.92 Å². The number of benzene rings is 2. The van der Waals surface area contributed by atoms with Crippen LogP contribution >= 0.6 is 0 Å². The van der Waals surface area contributed by atoms with Crippen LogP contribution in [0.2, 0.25) is 0 Å². The number of anilines is 1. The molecular formula is C17H17NO. The van der Waals surface area contributed by atoms with Crippen molar-refractivity contribution in [3.8, 4) is 0 Å². The van der Waals surface area contributed by atoms with Gasteiger partial charge in [0.1, 0.15) is 0 Å². The van der Waals surface area contributed by atoms with Crippen molar-refractivity contribution in [1.82, 2.24) is 0 Å². The number of nitrogens with one attached hydrogen (secondary N) is 1. The van der Waals surface area contributed by atoms with Gasteiger partial charge in [-0.3, -0.25) is 0 Å². The van der Waals surface area contributed by atoms with Crippen molar-refractivity contribution in [2.75, 3.05) is 11.9 Å². The molecule has 2 aromatic carbocycles. The number of fused-ring (bicyclic) bond motifs is 3. The molecule has 0 radical (unpaired) electrons. The fraction of sp³-hybridized carbons (Fsp3) is 0.294. The van der Waals surface area contributed by atoms with E-state index >= 15 is 0 Å². The molecule has 0 spiro atoms. The van der Waals surface area contributed by atoms with Gasteiger partial charge in [-0.05, 0) is 18.1 Å². The van der Waals surface area contributed by atoms with Crippen LogP contribution < -0.4 is 5.32 Å². The number of para-hydroxylation sites is 1. The van der Waals surface area contributed by atoms with Gasteiger partial charge in [0.05, 0.1) is 12.1 Å². The molecule has 0 amide bonds. The number of hydrogen-bond donors (Lipinski definition) is 1. The van der Waals surface area contributed by atoms with Crippen LogP contribution in [-0.2, 0) is 4.74 Å². The Morgan fingerprint density at radius 1 is 0.947 bits per heavy atom. The topological polar surface area (TPSA) is 21.3 Å².